The van der Waals surface area contributed by atoms with Crippen LogP contribution in [0.25, 0.3) is 0 Å². The second kappa shape index (κ2) is 9.09. The van der Waals surface area contributed by atoms with Gasteiger partial charge in [-0.15, -0.1) is 10.2 Å². The molecule has 9 heteroatoms. The fourth-order valence-electron chi connectivity index (χ4n) is 2.18. The second-order valence-corrected chi connectivity index (χ2v) is 7.07. The van der Waals surface area contributed by atoms with E-state index in [1.165, 1.54) is 36.0 Å². The number of benzene rings is 2. The van der Waals surface area contributed by atoms with Crippen molar-refractivity contribution in [1.29, 1.82) is 0 Å². The summed E-state index contributed by atoms with van der Waals surface area (Å²) in [6, 6.07) is 9.47. The molecule has 0 amide bonds. The molecule has 1 heterocycles. The van der Waals surface area contributed by atoms with Gasteiger partial charge in [-0.05, 0) is 42.0 Å². The molecule has 1 aromatic heterocycles. The maximum absolute atomic E-state index is 12.9. The highest BCUT2D eigenvalue weighted by Crippen LogP contribution is 2.36. The summed E-state index contributed by atoms with van der Waals surface area (Å²) in [5.74, 6) is 2.44. The lowest BCUT2D eigenvalue weighted by Gasteiger charge is -2.11. The van der Waals surface area contributed by atoms with Gasteiger partial charge in [0.1, 0.15) is 11.6 Å². The minimum atomic E-state index is -0.319. The van der Waals surface area contributed by atoms with Gasteiger partial charge in [0.15, 0.2) is 18.1 Å². The van der Waals surface area contributed by atoms with Crippen LogP contribution in [0.2, 0.25) is 0 Å². The molecule has 3 rings (SSSR count). The van der Waals surface area contributed by atoms with Crippen molar-refractivity contribution in [2.24, 2.45) is 0 Å². The van der Waals surface area contributed by atoms with Gasteiger partial charge in [0, 0.05) is 10.2 Å². The topological polar surface area (TPSA) is 66.6 Å². The predicted octanol–water partition coefficient (Wildman–Crippen LogP) is 4.86. The highest BCUT2D eigenvalue weighted by molar-refractivity contribution is 9.10. The molecule has 142 valence electrons. The number of halogens is 2. The third kappa shape index (κ3) is 5.14. The Labute approximate surface area is 168 Å². The van der Waals surface area contributed by atoms with Crippen LogP contribution in [-0.2, 0) is 12.4 Å². The van der Waals surface area contributed by atoms with E-state index in [0.29, 0.717) is 34.1 Å². The van der Waals surface area contributed by atoms with Crippen molar-refractivity contribution < 1.29 is 23.0 Å². The molecule has 3 aromatic rings. The monoisotopic (exact) mass is 454 g/mol. The Morgan fingerprint density at radius 2 is 1.78 bits per heavy atom. The average molecular weight is 455 g/mol. The maximum Gasteiger partial charge on any atom is 0.277 e. The fraction of sp³-hybridized carbons (Fsp3) is 0.222. The molecule has 0 saturated carbocycles. The SMILES string of the molecule is COc1cc(Br)c(CSc2nnc(COc3ccc(F)cc3)o2)cc1OC. The average Bonchev–Trinajstić information content (AvgIpc) is 3.14. The number of rotatable bonds is 8. The summed E-state index contributed by atoms with van der Waals surface area (Å²) in [5.41, 5.74) is 1.000. The lowest BCUT2D eigenvalue weighted by Crippen LogP contribution is -1.95. The quantitative estimate of drug-likeness (QED) is 0.450. The summed E-state index contributed by atoms with van der Waals surface area (Å²) in [4.78, 5) is 0. The summed E-state index contributed by atoms with van der Waals surface area (Å²) < 4.78 is 35.4. The van der Waals surface area contributed by atoms with Gasteiger partial charge >= 0.3 is 0 Å². The van der Waals surface area contributed by atoms with Gasteiger partial charge in [-0.3, -0.25) is 0 Å². The minimum absolute atomic E-state index is 0.110. The van der Waals surface area contributed by atoms with Gasteiger partial charge in [-0.25, -0.2) is 4.39 Å². The van der Waals surface area contributed by atoms with Crippen molar-refractivity contribution in [3.05, 3.63) is 58.1 Å². The number of ether oxygens (including phenoxy) is 3. The second-order valence-electron chi connectivity index (χ2n) is 5.29. The molecular formula is C18H16BrFN2O4S. The number of methoxy groups -OCH3 is 2. The standard InChI is InChI=1S/C18H16BrFN2O4S/c1-23-15-7-11(14(19)8-16(15)24-2)10-27-18-22-21-17(26-18)9-25-13-5-3-12(20)4-6-13/h3-8H,9-10H2,1-2H3. The minimum Gasteiger partial charge on any atom is -0.493 e. The van der Waals surface area contributed by atoms with E-state index in [0.717, 1.165) is 10.0 Å². The molecular weight excluding hydrogens is 439 g/mol. The first-order valence-electron chi connectivity index (χ1n) is 7.83. The van der Waals surface area contributed by atoms with Crippen LogP contribution in [0.1, 0.15) is 11.5 Å². The molecule has 0 aliphatic carbocycles. The van der Waals surface area contributed by atoms with Crippen LogP contribution < -0.4 is 14.2 Å². The number of hydrogen-bond acceptors (Lipinski definition) is 7. The molecule has 0 aliphatic heterocycles. The van der Waals surface area contributed by atoms with Gasteiger partial charge in [-0.1, -0.05) is 27.7 Å². The molecule has 0 unspecified atom stereocenters. The molecule has 0 saturated heterocycles. The third-order valence-corrected chi connectivity index (χ3v) is 5.13. The van der Waals surface area contributed by atoms with Crippen LogP contribution in [0, 0.1) is 5.82 Å². The van der Waals surface area contributed by atoms with Crippen LogP contribution in [0.15, 0.2) is 50.5 Å². The first-order valence-corrected chi connectivity index (χ1v) is 9.61. The third-order valence-electron chi connectivity index (χ3n) is 3.53. The normalized spacial score (nSPS) is 10.7. The van der Waals surface area contributed by atoms with Gasteiger partial charge in [0.2, 0.25) is 0 Å². The predicted molar refractivity (Wildman–Crippen MR) is 102 cm³/mol. The van der Waals surface area contributed by atoms with Crippen molar-refractivity contribution >= 4 is 27.7 Å². The van der Waals surface area contributed by atoms with Crippen molar-refractivity contribution in [3.8, 4) is 17.2 Å². The van der Waals surface area contributed by atoms with Crippen molar-refractivity contribution in [2.45, 2.75) is 17.6 Å². The van der Waals surface area contributed by atoms with E-state index in [1.54, 1.807) is 14.2 Å². The summed E-state index contributed by atoms with van der Waals surface area (Å²) >= 11 is 4.92. The van der Waals surface area contributed by atoms with E-state index < -0.39 is 0 Å². The number of hydrogen-bond donors (Lipinski definition) is 0. The zero-order chi connectivity index (χ0) is 19.2. The molecule has 0 N–H and O–H groups in total. The van der Waals surface area contributed by atoms with Crippen LogP contribution in [-0.4, -0.2) is 24.4 Å². The van der Waals surface area contributed by atoms with Crippen LogP contribution in [0.3, 0.4) is 0 Å². The van der Waals surface area contributed by atoms with Gasteiger partial charge in [-0.2, -0.15) is 0 Å². The van der Waals surface area contributed by atoms with Gasteiger partial charge in [0.05, 0.1) is 14.2 Å². The first kappa shape index (κ1) is 19.5. The Bertz CT molecular complexity index is 905. The molecule has 0 spiro atoms. The van der Waals surface area contributed by atoms with Crippen LogP contribution in [0.5, 0.6) is 17.2 Å². The van der Waals surface area contributed by atoms with Crippen LogP contribution >= 0.6 is 27.7 Å². The zero-order valence-electron chi connectivity index (χ0n) is 14.6. The molecule has 6 nitrogen and oxygen atoms in total. The highest BCUT2D eigenvalue weighted by atomic mass is 79.9. The Morgan fingerprint density at radius 1 is 1.07 bits per heavy atom. The van der Waals surface area contributed by atoms with Gasteiger partial charge in [0.25, 0.3) is 11.1 Å². The molecule has 2 aromatic carbocycles. The molecule has 27 heavy (non-hydrogen) atoms. The lowest BCUT2D eigenvalue weighted by atomic mass is 10.2. The van der Waals surface area contributed by atoms with E-state index >= 15 is 0 Å². The lowest BCUT2D eigenvalue weighted by molar-refractivity contribution is 0.252. The summed E-state index contributed by atoms with van der Waals surface area (Å²) in [7, 11) is 3.18. The van der Waals surface area contributed by atoms with E-state index in [-0.39, 0.29) is 12.4 Å². The Morgan fingerprint density at radius 3 is 2.48 bits per heavy atom. The Hall–Kier alpha value is -2.26. The Balaban J connectivity index is 1.58. The largest absolute Gasteiger partial charge is 0.493 e. The molecule has 0 fully saturated rings. The molecule has 0 bridgehead atoms. The van der Waals surface area contributed by atoms with Crippen molar-refractivity contribution in [1.82, 2.24) is 10.2 Å². The number of nitrogens with zero attached hydrogens (tertiary/aromatic N) is 2. The number of aromatic nitrogens is 2. The first-order chi connectivity index (χ1) is 13.1. The van der Waals surface area contributed by atoms with Crippen molar-refractivity contribution in [3.63, 3.8) is 0 Å². The van der Waals surface area contributed by atoms with E-state index in [1.807, 2.05) is 12.1 Å². The van der Waals surface area contributed by atoms with Crippen molar-refractivity contribution in [2.75, 3.05) is 14.2 Å². The molecule has 0 aliphatic rings. The van der Waals surface area contributed by atoms with E-state index in [9.17, 15) is 4.39 Å². The molecule has 0 radical (unpaired) electrons. The Kier molecular flexibility index (Phi) is 6.57. The molecule has 0 atom stereocenters. The fourth-order valence-corrected chi connectivity index (χ4v) is 3.60. The van der Waals surface area contributed by atoms with Gasteiger partial charge < -0.3 is 18.6 Å². The van der Waals surface area contributed by atoms with E-state index in [4.69, 9.17) is 18.6 Å². The zero-order valence-corrected chi connectivity index (χ0v) is 17.0. The summed E-state index contributed by atoms with van der Waals surface area (Å²) in [6.45, 7) is 0.110. The summed E-state index contributed by atoms with van der Waals surface area (Å²) in [6.07, 6.45) is 0. The van der Waals surface area contributed by atoms with E-state index in [2.05, 4.69) is 26.1 Å². The highest BCUT2D eigenvalue weighted by Gasteiger charge is 2.13. The van der Waals surface area contributed by atoms with Crippen LogP contribution in [0.4, 0.5) is 4.39 Å². The summed E-state index contributed by atoms with van der Waals surface area (Å²) in [5, 5.41) is 8.38. The smallest absolute Gasteiger partial charge is 0.277 e. The maximum atomic E-state index is 12.9. The number of thioether (sulfide) groups is 1.